The van der Waals surface area contributed by atoms with Crippen LogP contribution in [0.3, 0.4) is 0 Å². The number of aliphatic carboxylic acids is 1. The predicted molar refractivity (Wildman–Crippen MR) is 37.8 cm³/mol. The second-order valence-electron chi connectivity index (χ2n) is 2.88. The Morgan fingerprint density at radius 3 is 2.90 bits per heavy atom. The van der Waals surface area contributed by atoms with E-state index in [1.54, 1.807) is 6.92 Å². The lowest BCUT2D eigenvalue weighted by Crippen LogP contribution is -2.22. The third kappa shape index (κ3) is 1.48. The topological polar surface area (TPSA) is 49.3 Å². The number of carboxylic acid groups (broad SMARTS) is 1. The molecule has 0 spiro atoms. The molecule has 0 aromatic heterocycles. The van der Waals surface area contributed by atoms with Crippen molar-refractivity contribution in [1.82, 2.24) is 5.32 Å². The molecule has 0 aromatic carbocycles. The van der Waals surface area contributed by atoms with E-state index in [-0.39, 0.29) is 5.92 Å². The van der Waals surface area contributed by atoms with Crippen molar-refractivity contribution in [3.8, 4) is 0 Å². The third-order valence-corrected chi connectivity index (χ3v) is 2.20. The van der Waals surface area contributed by atoms with Crippen molar-refractivity contribution >= 4 is 5.97 Å². The van der Waals surface area contributed by atoms with Gasteiger partial charge in [-0.2, -0.15) is 0 Å². The smallest absolute Gasteiger partial charge is 0.306 e. The first-order valence-electron chi connectivity index (χ1n) is 3.65. The van der Waals surface area contributed by atoms with E-state index in [4.69, 9.17) is 5.11 Å². The molecule has 2 atom stereocenters. The molecule has 0 radical (unpaired) electrons. The summed E-state index contributed by atoms with van der Waals surface area (Å²) in [5, 5.41) is 11.8. The highest BCUT2D eigenvalue weighted by Crippen LogP contribution is 2.18. The van der Waals surface area contributed by atoms with E-state index in [9.17, 15) is 4.79 Å². The van der Waals surface area contributed by atoms with E-state index >= 15 is 0 Å². The van der Waals surface area contributed by atoms with Gasteiger partial charge in [0.2, 0.25) is 0 Å². The van der Waals surface area contributed by atoms with Gasteiger partial charge in [0.1, 0.15) is 0 Å². The summed E-state index contributed by atoms with van der Waals surface area (Å²) < 4.78 is 0. The Bertz CT molecular complexity index is 130. The van der Waals surface area contributed by atoms with Gasteiger partial charge in [0, 0.05) is 0 Å². The van der Waals surface area contributed by atoms with E-state index in [1.807, 2.05) is 0 Å². The van der Waals surface area contributed by atoms with Crippen LogP contribution in [-0.4, -0.2) is 24.2 Å². The SMILES string of the molecule is CC(C(=O)O)[C@@H]1CCNC1. The molecule has 0 bridgehead atoms. The van der Waals surface area contributed by atoms with E-state index in [0.717, 1.165) is 19.5 Å². The minimum absolute atomic E-state index is 0.185. The quantitative estimate of drug-likeness (QED) is 0.585. The Balaban J connectivity index is 2.39. The van der Waals surface area contributed by atoms with E-state index in [0.29, 0.717) is 5.92 Å². The number of carboxylic acids is 1. The van der Waals surface area contributed by atoms with Crippen LogP contribution in [0.4, 0.5) is 0 Å². The second kappa shape index (κ2) is 3.01. The second-order valence-corrected chi connectivity index (χ2v) is 2.88. The Labute approximate surface area is 60.4 Å². The van der Waals surface area contributed by atoms with Crippen molar-refractivity contribution in [2.45, 2.75) is 13.3 Å². The van der Waals surface area contributed by atoms with Crippen LogP contribution >= 0.6 is 0 Å². The maximum atomic E-state index is 10.5. The Morgan fingerprint density at radius 1 is 1.80 bits per heavy atom. The van der Waals surface area contributed by atoms with Gasteiger partial charge in [-0.15, -0.1) is 0 Å². The summed E-state index contributed by atoms with van der Waals surface area (Å²) in [6.07, 6.45) is 1.01. The van der Waals surface area contributed by atoms with Gasteiger partial charge in [0.15, 0.2) is 0 Å². The standard InChI is InChI=1S/C7H13NO2/c1-5(7(9)10)6-2-3-8-4-6/h5-6,8H,2-4H2,1H3,(H,9,10)/t5?,6-/m1/s1. The fraction of sp³-hybridized carbons (Fsp3) is 0.857. The van der Waals surface area contributed by atoms with Crippen LogP contribution < -0.4 is 5.32 Å². The lowest BCUT2D eigenvalue weighted by atomic mass is 9.94. The summed E-state index contributed by atoms with van der Waals surface area (Å²) in [6.45, 7) is 3.62. The molecule has 1 saturated heterocycles. The largest absolute Gasteiger partial charge is 0.481 e. The molecule has 3 nitrogen and oxygen atoms in total. The minimum atomic E-state index is -0.672. The number of hydrogen-bond donors (Lipinski definition) is 2. The molecule has 3 heteroatoms. The zero-order valence-corrected chi connectivity index (χ0v) is 6.13. The molecule has 1 unspecified atom stereocenters. The molecule has 1 rings (SSSR count). The van der Waals surface area contributed by atoms with Gasteiger partial charge in [-0.25, -0.2) is 0 Å². The van der Waals surface area contributed by atoms with Crippen LogP contribution in [0.5, 0.6) is 0 Å². The van der Waals surface area contributed by atoms with Gasteiger partial charge in [-0.1, -0.05) is 6.92 Å². The van der Waals surface area contributed by atoms with Gasteiger partial charge in [-0.05, 0) is 25.4 Å². The van der Waals surface area contributed by atoms with Crippen molar-refractivity contribution < 1.29 is 9.90 Å². The highest BCUT2D eigenvalue weighted by molar-refractivity contribution is 5.69. The molecule has 0 aliphatic carbocycles. The molecule has 1 aliphatic heterocycles. The average molecular weight is 143 g/mol. The fourth-order valence-corrected chi connectivity index (χ4v) is 1.31. The maximum Gasteiger partial charge on any atom is 0.306 e. The summed E-state index contributed by atoms with van der Waals surface area (Å²) in [5.74, 6) is -0.513. The van der Waals surface area contributed by atoms with Crippen LogP contribution in [0.25, 0.3) is 0 Å². The van der Waals surface area contributed by atoms with E-state index in [1.165, 1.54) is 0 Å². The van der Waals surface area contributed by atoms with Crippen molar-refractivity contribution in [2.75, 3.05) is 13.1 Å². The predicted octanol–water partition coefficient (Wildman–Crippen LogP) is 0.317. The fourth-order valence-electron chi connectivity index (χ4n) is 1.31. The summed E-state index contributed by atoms with van der Waals surface area (Å²) in [4.78, 5) is 10.5. The molecule has 0 saturated carbocycles. The molecule has 1 fully saturated rings. The zero-order chi connectivity index (χ0) is 7.56. The van der Waals surface area contributed by atoms with Gasteiger partial charge in [0.05, 0.1) is 5.92 Å². The zero-order valence-electron chi connectivity index (χ0n) is 6.13. The van der Waals surface area contributed by atoms with Crippen LogP contribution in [-0.2, 0) is 4.79 Å². The number of rotatable bonds is 2. The maximum absolute atomic E-state index is 10.5. The monoisotopic (exact) mass is 143 g/mol. The molecule has 58 valence electrons. The molecular weight excluding hydrogens is 130 g/mol. The van der Waals surface area contributed by atoms with E-state index in [2.05, 4.69) is 5.32 Å². The Morgan fingerprint density at radius 2 is 2.50 bits per heavy atom. The Kier molecular flexibility index (Phi) is 2.27. The summed E-state index contributed by atoms with van der Waals surface area (Å²) in [6, 6.07) is 0. The third-order valence-electron chi connectivity index (χ3n) is 2.20. The van der Waals surface area contributed by atoms with Crippen molar-refractivity contribution in [3.05, 3.63) is 0 Å². The van der Waals surface area contributed by atoms with Gasteiger partial charge < -0.3 is 10.4 Å². The van der Waals surface area contributed by atoms with Crippen LogP contribution in [0.1, 0.15) is 13.3 Å². The number of hydrogen-bond acceptors (Lipinski definition) is 2. The molecule has 2 N–H and O–H groups in total. The summed E-state index contributed by atoms with van der Waals surface area (Å²) >= 11 is 0. The molecule has 0 aromatic rings. The Hall–Kier alpha value is -0.570. The highest BCUT2D eigenvalue weighted by Gasteiger charge is 2.25. The molecule has 1 aliphatic rings. The normalized spacial score (nSPS) is 28.3. The lowest BCUT2D eigenvalue weighted by Gasteiger charge is -2.11. The molecule has 0 amide bonds. The lowest BCUT2D eigenvalue weighted by molar-refractivity contribution is -0.142. The van der Waals surface area contributed by atoms with Crippen molar-refractivity contribution in [3.63, 3.8) is 0 Å². The van der Waals surface area contributed by atoms with Crippen LogP contribution in [0.15, 0.2) is 0 Å². The average Bonchev–Trinajstić information content (AvgIpc) is 2.36. The number of nitrogens with one attached hydrogen (secondary N) is 1. The first kappa shape index (κ1) is 7.54. The van der Waals surface area contributed by atoms with Gasteiger partial charge in [-0.3, -0.25) is 4.79 Å². The summed E-state index contributed by atoms with van der Waals surface area (Å²) in [5.41, 5.74) is 0. The van der Waals surface area contributed by atoms with Crippen LogP contribution in [0, 0.1) is 11.8 Å². The van der Waals surface area contributed by atoms with Crippen LogP contribution in [0.2, 0.25) is 0 Å². The molecule has 10 heavy (non-hydrogen) atoms. The van der Waals surface area contributed by atoms with Gasteiger partial charge >= 0.3 is 5.97 Å². The highest BCUT2D eigenvalue weighted by atomic mass is 16.4. The molecule has 1 heterocycles. The van der Waals surface area contributed by atoms with Crippen molar-refractivity contribution in [1.29, 1.82) is 0 Å². The van der Waals surface area contributed by atoms with Crippen molar-refractivity contribution in [2.24, 2.45) is 11.8 Å². The van der Waals surface area contributed by atoms with E-state index < -0.39 is 5.97 Å². The summed E-state index contributed by atoms with van der Waals surface area (Å²) in [7, 11) is 0. The number of carbonyl (C=O) groups is 1. The first-order chi connectivity index (χ1) is 4.72. The first-order valence-corrected chi connectivity index (χ1v) is 3.65. The molecular formula is C7H13NO2. The minimum Gasteiger partial charge on any atom is -0.481 e. The van der Waals surface area contributed by atoms with Gasteiger partial charge in [0.25, 0.3) is 0 Å².